The number of halogens is 3. The highest BCUT2D eigenvalue weighted by Gasteiger charge is 2.39. The van der Waals surface area contributed by atoms with Gasteiger partial charge in [0.2, 0.25) is 0 Å². The van der Waals surface area contributed by atoms with Gasteiger partial charge in [-0.25, -0.2) is 0 Å². The summed E-state index contributed by atoms with van der Waals surface area (Å²) in [5.74, 6) is -0.354. The highest BCUT2D eigenvalue weighted by atomic mass is 19.4. The number of hydrogen-bond acceptors (Lipinski definition) is 3. The lowest BCUT2D eigenvalue weighted by molar-refractivity contribution is -0.142. The van der Waals surface area contributed by atoms with Gasteiger partial charge in [0.25, 0.3) is 5.91 Å². The van der Waals surface area contributed by atoms with Crippen molar-refractivity contribution in [3.8, 4) is 0 Å². The number of alkyl halides is 3. The lowest BCUT2D eigenvalue weighted by atomic mass is 9.95. The van der Waals surface area contributed by atoms with Crippen molar-refractivity contribution in [1.29, 1.82) is 0 Å². The first kappa shape index (κ1) is 16.5. The second-order valence-electron chi connectivity index (χ2n) is 5.67. The Morgan fingerprint density at radius 2 is 2.04 bits per heavy atom. The maximum Gasteiger partial charge on any atom is 0.435 e. The molecule has 0 bridgehead atoms. The average Bonchev–Trinajstić information content (AvgIpc) is 2.95. The molecule has 0 aliphatic heterocycles. The van der Waals surface area contributed by atoms with Crippen molar-refractivity contribution >= 4 is 5.91 Å². The second-order valence-corrected chi connectivity index (χ2v) is 5.67. The molecule has 128 valence electrons. The molecule has 2 aromatic heterocycles. The quantitative estimate of drug-likeness (QED) is 0.932. The number of nitrogens with zero attached hydrogens (tertiary/aromatic N) is 3. The number of fused-ring (bicyclic) bond motifs is 1. The predicted molar refractivity (Wildman–Crippen MR) is 80.4 cm³/mol. The molecule has 0 aromatic carbocycles. The number of rotatable bonds is 4. The number of amides is 1. The minimum absolute atomic E-state index is 0.195. The Balaban J connectivity index is 1.69. The lowest BCUT2D eigenvalue weighted by Gasteiger charge is -2.14. The maximum absolute atomic E-state index is 13.1. The number of aromatic nitrogens is 3. The third kappa shape index (κ3) is 3.42. The molecule has 0 atom stereocenters. The van der Waals surface area contributed by atoms with E-state index in [2.05, 4.69) is 15.4 Å². The topological polar surface area (TPSA) is 59.8 Å². The van der Waals surface area contributed by atoms with E-state index in [1.807, 2.05) is 0 Å². The molecule has 0 radical (unpaired) electrons. The van der Waals surface area contributed by atoms with E-state index in [0.717, 1.165) is 12.8 Å². The average molecular weight is 338 g/mol. The molecular weight excluding hydrogens is 321 g/mol. The van der Waals surface area contributed by atoms with E-state index in [1.165, 1.54) is 10.9 Å². The monoisotopic (exact) mass is 338 g/mol. The molecule has 3 rings (SSSR count). The number of nitrogens with one attached hydrogen (secondary N) is 1. The van der Waals surface area contributed by atoms with Crippen LogP contribution in [-0.2, 0) is 25.6 Å². The summed E-state index contributed by atoms with van der Waals surface area (Å²) >= 11 is 0. The summed E-state index contributed by atoms with van der Waals surface area (Å²) in [5, 5.41) is 6.42. The van der Waals surface area contributed by atoms with Crippen LogP contribution in [0, 0.1) is 0 Å². The standard InChI is InChI=1S/C16H17F3N4O/c17-16(18,19)14-11-5-1-2-7-13(11)23(22-14)10-9-21-15(24)12-6-3-4-8-20-12/h3-4,6,8H,1-2,5,7,9-10H2,(H,21,24). The molecule has 24 heavy (non-hydrogen) atoms. The van der Waals surface area contributed by atoms with Crippen LogP contribution >= 0.6 is 0 Å². The van der Waals surface area contributed by atoms with E-state index >= 15 is 0 Å². The fraction of sp³-hybridized carbons (Fsp3) is 0.438. The van der Waals surface area contributed by atoms with Crippen molar-refractivity contribution < 1.29 is 18.0 Å². The third-order valence-corrected chi connectivity index (χ3v) is 4.03. The van der Waals surface area contributed by atoms with E-state index in [9.17, 15) is 18.0 Å². The van der Waals surface area contributed by atoms with Gasteiger partial charge in [-0.15, -0.1) is 0 Å². The van der Waals surface area contributed by atoms with Crippen LogP contribution in [0.4, 0.5) is 13.2 Å². The van der Waals surface area contributed by atoms with Gasteiger partial charge < -0.3 is 5.32 Å². The first-order valence-corrected chi connectivity index (χ1v) is 7.82. The molecule has 1 amide bonds. The van der Waals surface area contributed by atoms with E-state index in [4.69, 9.17) is 0 Å². The summed E-state index contributed by atoms with van der Waals surface area (Å²) in [6.07, 6.45) is -0.330. The van der Waals surface area contributed by atoms with Crippen molar-refractivity contribution in [2.75, 3.05) is 6.54 Å². The number of pyridine rings is 1. The summed E-state index contributed by atoms with van der Waals surface area (Å²) in [7, 11) is 0. The molecule has 0 saturated carbocycles. The number of hydrogen-bond donors (Lipinski definition) is 1. The lowest BCUT2D eigenvalue weighted by Crippen LogP contribution is -2.28. The molecule has 2 aromatic rings. The minimum atomic E-state index is -4.44. The van der Waals surface area contributed by atoms with E-state index < -0.39 is 11.9 Å². The Hall–Kier alpha value is -2.38. The predicted octanol–water partition coefficient (Wildman–Crippen LogP) is 2.61. The van der Waals surface area contributed by atoms with Gasteiger partial charge in [-0.2, -0.15) is 18.3 Å². The second kappa shape index (κ2) is 6.62. The summed E-state index contributed by atoms with van der Waals surface area (Å²) in [6.45, 7) is 0.401. The fourth-order valence-electron chi connectivity index (χ4n) is 2.95. The number of carbonyl (C=O) groups excluding carboxylic acids is 1. The van der Waals surface area contributed by atoms with Gasteiger partial charge in [-0.1, -0.05) is 6.07 Å². The molecular formula is C16H17F3N4O. The SMILES string of the molecule is O=C(NCCn1nc(C(F)(F)F)c2c1CCCC2)c1ccccn1. The van der Waals surface area contributed by atoms with Gasteiger partial charge in [0.1, 0.15) is 5.69 Å². The molecule has 0 unspecified atom stereocenters. The Labute approximate surface area is 136 Å². The van der Waals surface area contributed by atoms with Crippen molar-refractivity contribution in [3.63, 3.8) is 0 Å². The zero-order valence-electron chi connectivity index (χ0n) is 12.9. The Morgan fingerprint density at radius 3 is 2.75 bits per heavy atom. The van der Waals surface area contributed by atoms with Gasteiger partial charge >= 0.3 is 6.18 Å². The molecule has 1 aliphatic rings. The van der Waals surface area contributed by atoms with Crippen molar-refractivity contribution in [3.05, 3.63) is 47.0 Å². The first-order chi connectivity index (χ1) is 11.5. The fourth-order valence-corrected chi connectivity index (χ4v) is 2.95. The molecule has 2 heterocycles. The molecule has 0 saturated heterocycles. The maximum atomic E-state index is 13.1. The van der Waals surface area contributed by atoms with Crippen LogP contribution in [0.25, 0.3) is 0 Å². The molecule has 1 N–H and O–H groups in total. The van der Waals surface area contributed by atoms with E-state index in [0.29, 0.717) is 24.1 Å². The third-order valence-electron chi connectivity index (χ3n) is 4.03. The van der Waals surface area contributed by atoms with Crippen LogP contribution in [0.15, 0.2) is 24.4 Å². The molecule has 0 fully saturated rings. The molecule has 1 aliphatic carbocycles. The Kier molecular flexibility index (Phi) is 4.55. The summed E-state index contributed by atoms with van der Waals surface area (Å²) in [6, 6.07) is 4.97. The van der Waals surface area contributed by atoms with Gasteiger partial charge in [-0.3, -0.25) is 14.5 Å². The Morgan fingerprint density at radius 1 is 1.25 bits per heavy atom. The largest absolute Gasteiger partial charge is 0.435 e. The van der Waals surface area contributed by atoms with Crippen LogP contribution in [0.3, 0.4) is 0 Å². The smallest absolute Gasteiger partial charge is 0.349 e. The zero-order valence-corrected chi connectivity index (χ0v) is 12.9. The van der Waals surface area contributed by atoms with Gasteiger partial charge in [-0.05, 0) is 37.8 Å². The van der Waals surface area contributed by atoms with Crippen LogP contribution in [0.5, 0.6) is 0 Å². The van der Waals surface area contributed by atoms with Crippen LogP contribution in [0.2, 0.25) is 0 Å². The van der Waals surface area contributed by atoms with E-state index in [1.54, 1.807) is 18.2 Å². The molecule has 8 heteroatoms. The van der Waals surface area contributed by atoms with Gasteiger partial charge in [0.15, 0.2) is 5.69 Å². The zero-order chi connectivity index (χ0) is 17.2. The number of carbonyl (C=O) groups is 1. The van der Waals surface area contributed by atoms with Crippen LogP contribution < -0.4 is 5.32 Å². The summed E-state index contributed by atoms with van der Waals surface area (Å²) in [5.41, 5.74) is 0.440. The molecule has 0 spiro atoms. The van der Waals surface area contributed by atoms with Crippen LogP contribution in [0.1, 0.15) is 40.3 Å². The van der Waals surface area contributed by atoms with Gasteiger partial charge in [0.05, 0.1) is 6.54 Å². The minimum Gasteiger partial charge on any atom is -0.349 e. The summed E-state index contributed by atoms with van der Waals surface area (Å²) in [4.78, 5) is 15.8. The van der Waals surface area contributed by atoms with Crippen molar-refractivity contribution in [1.82, 2.24) is 20.1 Å². The summed E-state index contributed by atoms with van der Waals surface area (Å²) < 4.78 is 40.7. The van der Waals surface area contributed by atoms with Gasteiger partial charge in [0, 0.05) is 24.0 Å². The Bertz CT molecular complexity index is 725. The van der Waals surface area contributed by atoms with Crippen molar-refractivity contribution in [2.24, 2.45) is 0 Å². The van der Waals surface area contributed by atoms with Crippen molar-refractivity contribution in [2.45, 2.75) is 38.4 Å². The normalized spacial score (nSPS) is 14.3. The van der Waals surface area contributed by atoms with E-state index in [-0.39, 0.29) is 24.7 Å². The molecule has 5 nitrogen and oxygen atoms in total. The first-order valence-electron chi connectivity index (χ1n) is 7.82. The van der Waals surface area contributed by atoms with Crippen LogP contribution in [-0.4, -0.2) is 27.2 Å². The highest BCUT2D eigenvalue weighted by Crippen LogP contribution is 2.35. The highest BCUT2D eigenvalue weighted by molar-refractivity contribution is 5.92.